The number of aryl methyl sites for hydroxylation is 2. The molecule has 2 aromatic rings. The lowest BCUT2D eigenvalue weighted by Crippen LogP contribution is -2.41. The second-order valence-corrected chi connectivity index (χ2v) is 7.13. The molecule has 0 unspecified atom stereocenters. The van der Waals surface area contributed by atoms with Crippen LogP contribution < -0.4 is 4.90 Å². The maximum absolute atomic E-state index is 11.6. The molecule has 2 aliphatic rings. The summed E-state index contributed by atoms with van der Waals surface area (Å²) in [5.74, 6) is 1.26. The van der Waals surface area contributed by atoms with Crippen molar-refractivity contribution in [2.75, 3.05) is 18.0 Å². The zero-order valence-electron chi connectivity index (χ0n) is 14.5. The molecule has 0 fully saturated rings. The van der Waals surface area contributed by atoms with Crippen LogP contribution in [0.2, 0.25) is 0 Å². The maximum Gasteiger partial charge on any atom is 0.271 e. The molecule has 0 amide bonds. The van der Waals surface area contributed by atoms with E-state index in [1.54, 1.807) is 0 Å². The minimum atomic E-state index is -0.937. The van der Waals surface area contributed by atoms with Gasteiger partial charge in [-0.05, 0) is 44.4 Å². The number of benzene rings is 2. The molecule has 2 aromatic carbocycles. The van der Waals surface area contributed by atoms with Gasteiger partial charge in [0.05, 0.1) is 6.54 Å². The van der Waals surface area contributed by atoms with Gasteiger partial charge in [0.15, 0.2) is 6.54 Å². The van der Waals surface area contributed by atoms with Gasteiger partial charge in [-0.25, -0.2) is 9.48 Å². The number of hydrogen-bond acceptors (Lipinski definition) is 2. The lowest BCUT2D eigenvalue weighted by Gasteiger charge is -2.24. The quantitative estimate of drug-likeness (QED) is 0.856. The Hall–Kier alpha value is -2.13. The molecule has 0 saturated heterocycles. The third kappa shape index (κ3) is 2.44. The van der Waals surface area contributed by atoms with Crippen LogP contribution in [-0.4, -0.2) is 28.6 Å². The van der Waals surface area contributed by atoms with Gasteiger partial charge in [0.25, 0.3) is 11.6 Å². The Kier molecular flexibility index (Phi) is 3.69. The van der Waals surface area contributed by atoms with Crippen molar-refractivity contribution in [3.63, 3.8) is 0 Å². The highest BCUT2D eigenvalue weighted by atomic mass is 16.3. The van der Waals surface area contributed by atoms with Gasteiger partial charge in [0.1, 0.15) is 5.69 Å². The summed E-state index contributed by atoms with van der Waals surface area (Å²) in [6.45, 7) is 5.71. The standard InChI is InChI=1S/C21H25N2O/c1-16-9-11-18(12-10-16)21(24)15-22(19-7-5-6-17(2)14-19)20-8-3-4-13-23(20)21/h5-7,9-12,14,24H,3-4,8,13,15H2,1-2H3/q+1/t21-/m0/s1. The Morgan fingerprint density at radius 2 is 1.79 bits per heavy atom. The Balaban J connectivity index is 1.80. The minimum absolute atomic E-state index is 0.592. The van der Waals surface area contributed by atoms with Gasteiger partial charge in [-0.2, -0.15) is 0 Å². The Morgan fingerprint density at radius 3 is 2.54 bits per heavy atom. The van der Waals surface area contributed by atoms with Crippen LogP contribution in [0.15, 0.2) is 48.5 Å². The summed E-state index contributed by atoms with van der Waals surface area (Å²) >= 11 is 0. The molecule has 2 aliphatic heterocycles. The number of amidine groups is 1. The molecule has 0 aromatic heterocycles. The predicted molar refractivity (Wildman–Crippen MR) is 97.6 cm³/mol. The number of anilines is 1. The molecule has 3 nitrogen and oxygen atoms in total. The van der Waals surface area contributed by atoms with E-state index in [1.807, 2.05) is 0 Å². The molecular formula is C21H25N2O+. The first-order valence-corrected chi connectivity index (χ1v) is 8.85. The summed E-state index contributed by atoms with van der Waals surface area (Å²) in [7, 11) is 0. The van der Waals surface area contributed by atoms with Gasteiger partial charge in [-0.1, -0.05) is 42.0 Å². The van der Waals surface area contributed by atoms with Gasteiger partial charge in [0, 0.05) is 12.0 Å². The molecule has 0 saturated carbocycles. The third-order valence-corrected chi connectivity index (χ3v) is 5.31. The van der Waals surface area contributed by atoms with Crippen LogP contribution in [0.4, 0.5) is 5.69 Å². The highest BCUT2D eigenvalue weighted by Gasteiger charge is 2.52. The van der Waals surface area contributed by atoms with Gasteiger partial charge < -0.3 is 5.11 Å². The van der Waals surface area contributed by atoms with Crippen LogP contribution in [0.1, 0.15) is 36.0 Å². The summed E-state index contributed by atoms with van der Waals surface area (Å²) in [6, 6.07) is 16.9. The number of β-amino-alcohol motifs (C(OH)–C–C–N with tert-alkyl or cyclic N) is 1. The fourth-order valence-electron chi connectivity index (χ4n) is 4.00. The monoisotopic (exact) mass is 321 g/mol. The molecule has 124 valence electrons. The summed E-state index contributed by atoms with van der Waals surface area (Å²) in [4.78, 5) is 2.31. The van der Waals surface area contributed by atoms with E-state index in [1.165, 1.54) is 29.1 Å². The van der Waals surface area contributed by atoms with Crippen molar-refractivity contribution in [3.8, 4) is 0 Å². The first-order chi connectivity index (χ1) is 11.6. The predicted octanol–water partition coefficient (Wildman–Crippen LogP) is 3.56. The molecule has 0 aliphatic carbocycles. The average molecular weight is 321 g/mol. The molecule has 0 radical (unpaired) electrons. The SMILES string of the molecule is Cc1ccc([C@@]2(O)CN(c3cccc(C)c3)C3=[N+]2CCCC3)cc1. The van der Waals surface area contributed by atoms with E-state index in [-0.39, 0.29) is 0 Å². The van der Waals surface area contributed by atoms with E-state index in [9.17, 15) is 5.11 Å². The molecule has 3 heteroatoms. The lowest BCUT2D eigenvalue weighted by molar-refractivity contribution is -0.661. The van der Waals surface area contributed by atoms with Crippen molar-refractivity contribution in [2.24, 2.45) is 0 Å². The largest absolute Gasteiger partial charge is 0.346 e. The van der Waals surface area contributed by atoms with Crippen LogP contribution >= 0.6 is 0 Å². The Bertz CT molecular complexity index is 794. The normalized spacial score (nSPS) is 23.5. The first-order valence-electron chi connectivity index (χ1n) is 8.85. The van der Waals surface area contributed by atoms with Crippen molar-refractivity contribution >= 4 is 11.5 Å². The smallest absolute Gasteiger partial charge is 0.271 e. The molecular weight excluding hydrogens is 296 g/mol. The molecule has 4 rings (SSSR count). The molecule has 24 heavy (non-hydrogen) atoms. The van der Waals surface area contributed by atoms with E-state index >= 15 is 0 Å². The molecule has 1 N–H and O–H groups in total. The fourth-order valence-corrected chi connectivity index (χ4v) is 4.00. The zero-order valence-corrected chi connectivity index (χ0v) is 14.5. The Morgan fingerprint density at radius 1 is 1.00 bits per heavy atom. The summed E-state index contributed by atoms with van der Waals surface area (Å²) < 4.78 is 2.23. The van der Waals surface area contributed by atoms with Crippen LogP contribution in [0.5, 0.6) is 0 Å². The van der Waals surface area contributed by atoms with E-state index in [0.717, 1.165) is 24.9 Å². The van der Waals surface area contributed by atoms with E-state index in [2.05, 4.69) is 71.9 Å². The van der Waals surface area contributed by atoms with Gasteiger partial charge in [-0.15, -0.1) is 0 Å². The van der Waals surface area contributed by atoms with E-state index in [4.69, 9.17) is 0 Å². The second-order valence-electron chi connectivity index (χ2n) is 7.13. The van der Waals surface area contributed by atoms with E-state index in [0.29, 0.717) is 6.54 Å². The fraction of sp³-hybridized carbons (Fsp3) is 0.381. The van der Waals surface area contributed by atoms with Crippen molar-refractivity contribution in [1.82, 2.24) is 0 Å². The average Bonchev–Trinajstić information content (AvgIpc) is 2.90. The minimum Gasteiger partial charge on any atom is -0.346 e. The number of nitrogens with zero attached hydrogens (tertiary/aromatic N) is 2. The highest BCUT2D eigenvalue weighted by molar-refractivity contribution is 5.96. The molecule has 1 atom stereocenters. The van der Waals surface area contributed by atoms with Gasteiger partial charge in [0.2, 0.25) is 0 Å². The van der Waals surface area contributed by atoms with Crippen molar-refractivity contribution in [1.29, 1.82) is 0 Å². The topological polar surface area (TPSA) is 26.5 Å². The van der Waals surface area contributed by atoms with Crippen LogP contribution in [-0.2, 0) is 5.72 Å². The molecule has 0 bridgehead atoms. The van der Waals surface area contributed by atoms with Crippen molar-refractivity contribution in [3.05, 3.63) is 65.2 Å². The number of aliphatic hydroxyl groups is 1. The Labute approximate surface area is 143 Å². The number of rotatable bonds is 2. The van der Waals surface area contributed by atoms with Gasteiger partial charge in [-0.3, -0.25) is 0 Å². The first kappa shape index (κ1) is 15.4. The molecule has 0 spiro atoms. The lowest BCUT2D eigenvalue weighted by atomic mass is 10.0. The van der Waals surface area contributed by atoms with Gasteiger partial charge >= 0.3 is 0 Å². The zero-order chi connectivity index (χ0) is 16.7. The third-order valence-electron chi connectivity index (χ3n) is 5.31. The van der Waals surface area contributed by atoms with Crippen LogP contribution in [0.25, 0.3) is 0 Å². The van der Waals surface area contributed by atoms with Crippen LogP contribution in [0.3, 0.4) is 0 Å². The summed E-state index contributed by atoms with van der Waals surface area (Å²) in [6.07, 6.45) is 3.36. The van der Waals surface area contributed by atoms with Crippen LogP contribution in [0, 0.1) is 13.8 Å². The summed E-state index contributed by atoms with van der Waals surface area (Å²) in [5.41, 5.74) is 3.70. The highest BCUT2D eigenvalue weighted by Crippen LogP contribution is 2.35. The van der Waals surface area contributed by atoms with Crippen molar-refractivity contribution < 1.29 is 9.68 Å². The molecule has 2 heterocycles. The summed E-state index contributed by atoms with van der Waals surface area (Å²) in [5, 5.41) is 11.6. The van der Waals surface area contributed by atoms with E-state index < -0.39 is 5.72 Å². The number of hydrogen-bond donors (Lipinski definition) is 1. The second kappa shape index (κ2) is 5.75. The van der Waals surface area contributed by atoms with Crippen molar-refractivity contribution in [2.45, 2.75) is 38.8 Å². The maximum atomic E-state index is 11.6.